The first-order chi connectivity index (χ1) is 8.25. The molecule has 0 aromatic heterocycles. The van der Waals surface area contributed by atoms with Crippen molar-refractivity contribution in [3.05, 3.63) is 0 Å². The van der Waals surface area contributed by atoms with Gasteiger partial charge in [-0.25, -0.2) is 4.79 Å². The van der Waals surface area contributed by atoms with Gasteiger partial charge in [-0.2, -0.15) is 0 Å². The first kappa shape index (κ1) is 12.7. The molecular formula is C13H24N2O2. The van der Waals surface area contributed by atoms with Crippen LogP contribution in [-0.2, 0) is 4.74 Å². The molecule has 0 spiro atoms. The van der Waals surface area contributed by atoms with E-state index in [1.807, 2.05) is 4.90 Å². The molecule has 0 aliphatic carbocycles. The van der Waals surface area contributed by atoms with Crippen molar-refractivity contribution in [3.63, 3.8) is 0 Å². The van der Waals surface area contributed by atoms with Crippen LogP contribution < -0.4 is 5.32 Å². The summed E-state index contributed by atoms with van der Waals surface area (Å²) in [5.74, 6) is 0.639. The Kier molecular flexibility index (Phi) is 4.66. The van der Waals surface area contributed by atoms with Gasteiger partial charge in [0.1, 0.15) is 0 Å². The van der Waals surface area contributed by atoms with Crippen LogP contribution in [0.1, 0.15) is 39.0 Å². The van der Waals surface area contributed by atoms with Crippen LogP contribution in [0.3, 0.4) is 0 Å². The van der Waals surface area contributed by atoms with Gasteiger partial charge in [0.25, 0.3) is 0 Å². The molecule has 0 aromatic rings. The maximum atomic E-state index is 11.9. The van der Waals surface area contributed by atoms with E-state index in [9.17, 15) is 4.79 Å². The standard InChI is InChI=1S/C13H24N2O2/c1-11-5-4-7-15(10-11)13(16)14-9-12-6-2-3-8-17-12/h11-12H,2-10H2,1H3,(H,14,16). The van der Waals surface area contributed by atoms with Crippen molar-refractivity contribution in [2.24, 2.45) is 5.92 Å². The highest BCUT2D eigenvalue weighted by Gasteiger charge is 2.22. The Morgan fingerprint density at radius 3 is 2.94 bits per heavy atom. The zero-order valence-corrected chi connectivity index (χ0v) is 10.8. The number of piperidine rings is 1. The number of rotatable bonds is 2. The number of hydrogen-bond donors (Lipinski definition) is 1. The number of nitrogens with zero attached hydrogens (tertiary/aromatic N) is 1. The van der Waals surface area contributed by atoms with Crippen molar-refractivity contribution in [3.8, 4) is 0 Å². The Labute approximate surface area is 104 Å². The van der Waals surface area contributed by atoms with E-state index in [4.69, 9.17) is 4.74 Å². The molecule has 2 saturated heterocycles. The number of likely N-dealkylation sites (tertiary alicyclic amines) is 1. The molecule has 0 saturated carbocycles. The van der Waals surface area contributed by atoms with E-state index in [0.29, 0.717) is 12.5 Å². The first-order valence-corrected chi connectivity index (χ1v) is 6.90. The van der Waals surface area contributed by atoms with Crippen LogP contribution >= 0.6 is 0 Å². The molecule has 0 bridgehead atoms. The lowest BCUT2D eigenvalue weighted by atomic mass is 10.0. The number of urea groups is 1. The molecule has 98 valence electrons. The van der Waals surface area contributed by atoms with Crippen LogP contribution in [0.2, 0.25) is 0 Å². The third kappa shape index (κ3) is 3.87. The van der Waals surface area contributed by atoms with E-state index in [1.54, 1.807) is 0 Å². The minimum Gasteiger partial charge on any atom is -0.376 e. The molecule has 1 N–H and O–H groups in total. The zero-order valence-electron chi connectivity index (χ0n) is 10.8. The molecule has 0 radical (unpaired) electrons. The van der Waals surface area contributed by atoms with Gasteiger partial charge < -0.3 is 15.0 Å². The molecule has 2 heterocycles. The van der Waals surface area contributed by atoms with E-state index in [-0.39, 0.29) is 12.1 Å². The van der Waals surface area contributed by atoms with Gasteiger partial charge in [-0.1, -0.05) is 6.92 Å². The van der Waals surface area contributed by atoms with Crippen molar-refractivity contribution in [2.75, 3.05) is 26.2 Å². The Morgan fingerprint density at radius 2 is 2.24 bits per heavy atom. The molecule has 2 aliphatic heterocycles. The van der Waals surface area contributed by atoms with Crippen molar-refractivity contribution in [1.82, 2.24) is 10.2 Å². The Morgan fingerprint density at radius 1 is 1.35 bits per heavy atom. The third-order valence-corrected chi connectivity index (χ3v) is 3.70. The fourth-order valence-electron chi connectivity index (χ4n) is 2.66. The molecule has 4 heteroatoms. The van der Waals surface area contributed by atoms with Gasteiger partial charge in [-0.3, -0.25) is 0 Å². The number of nitrogens with one attached hydrogen (secondary N) is 1. The van der Waals surface area contributed by atoms with Gasteiger partial charge in [-0.15, -0.1) is 0 Å². The number of carbonyl (C=O) groups excluding carboxylic acids is 1. The second kappa shape index (κ2) is 6.24. The molecule has 2 rings (SSSR count). The van der Waals surface area contributed by atoms with Gasteiger partial charge in [0.15, 0.2) is 0 Å². The minimum absolute atomic E-state index is 0.0886. The smallest absolute Gasteiger partial charge is 0.317 e. The number of amides is 2. The Balaban J connectivity index is 1.69. The molecule has 2 fully saturated rings. The summed E-state index contributed by atoms with van der Waals surface area (Å²) in [4.78, 5) is 13.9. The highest BCUT2D eigenvalue weighted by Crippen LogP contribution is 2.15. The van der Waals surface area contributed by atoms with Gasteiger partial charge in [0, 0.05) is 26.2 Å². The van der Waals surface area contributed by atoms with Crippen LogP contribution in [0.25, 0.3) is 0 Å². The molecule has 2 unspecified atom stereocenters. The fourth-order valence-corrected chi connectivity index (χ4v) is 2.66. The minimum atomic E-state index is 0.0886. The molecule has 2 atom stereocenters. The summed E-state index contributed by atoms with van der Waals surface area (Å²) in [5, 5.41) is 3.00. The molecule has 4 nitrogen and oxygen atoms in total. The second-order valence-corrected chi connectivity index (χ2v) is 5.37. The van der Waals surface area contributed by atoms with Crippen LogP contribution in [0.5, 0.6) is 0 Å². The Hall–Kier alpha value is -0.770. The van der Waals surface area contributed by atoms with Crippen LogP contribution in [0, 0.1) is 5.92 Å². The van der Waals surface area contributed by atoms with Crippen LogP contribution in [-0.4, -0.2) is 43.3 Å². The fraction of sp³-hybridized carbons (Fsp3) is 0.923. The SMILES string of the molecule is CC1CCCN(C(=O)NCC2CCCCO2)C1. The summed E-state index contributed by atoms with van der Waals surface area (Å²) in [6.45, 7) is 5.54. The quantitative estimate of drug-likeness (QED) is 0.802. The lowest BCUT2D eigenvalue weighted by Crippen LogP contribution is -2.47. The number of hydrogen-bond acceptors (Lipinski definition) is 2. The van der Waals surface area contributed by atoms with Gasteiger partial charge in [-0.05, 0) is 38.0 Å². The summed E-state index contributed by atoms with van der Waals surface area (Å²) in [6.07, 6.45) is 6.07. The highest BCUT2D eigenvalue weighted by molar-refractivity contribution is 5.74. The Bertz CT molecular complexity index is 252. The normalized spacial score (nSPS) is 30.1. The van der Waals surface area contributed by atoms with E-state index in [0.717, 1.165) is 39.0 Å². The highest BCUT2D eigenvalue weighted by atomic mass is 16.5. The van der Waals surface area contributed by atoms with Crippen LogP contribution in [0.4, 0.5) is 4.79 Å². The monoisotopic (exact) mass is 240 g/mol. The van der Waals surface area contributed by atoms with Crippen LogP contribution in [0.15, 0.2) is 0 Å². The number of ether oxygens (including phenoxy) is 1. The predicted molar refractivity (Wildman–Crippen MR) is 67.0 cm³/mol. The van der Waals surface area contributed by atoms with Crippen molar-refractivity contribution in [1.29, 1.82) is 0 Å². The van der Waals surface area contributed by atoms with Gasteiger partial charge in [0.05, 0.1) is 6.10 Å². The summed E-state index contributed by atoms with van der Waals surface area (Å²) >= 11 is 0. The summed E-state index contributed by atoms with van der Waals surface area (Å²) in [6, 6.07) is 0.0886. The van der Waals surface area contributed by atoms with Crippen molar-refractivity contribution in [2.45, 2.75) is 45.1 Å². The average molecular weight is 240 g/mol. The maximum absolute atomic E-state index is 11.9. The first-order valence-electron chi connectivity index (χ1n) is 6.90. The van der Waals surface area contributed by atoms with Gasteiger partial charge in [0.2, 0.25) is 0 Å². The van der Waals surface area contributed by atoms with E-state index in [2.05, 4.69) is 12.2 Å². The summed E-state index contributed by atoms with van der Waals surface area (Å²) in [7, 11) is 0. The molecule has 2 amide bonds. The second-order valence-electron chi connectivity index (χ2n) is 5.37. The van der Waals surface area contributed by atoms with E-state index < -0.39 is 0 Å². The predicted octanol–water partition coefficient (Wildman–Crippen LogP) is 2.00. The van der Waals surface area contributed by atoms with Gasteiger partial charge >= 0.3 is 6.03 Å². The lowest BCUT2D eigenvalue weighted by molar-refractivity contribution is 0.0175. The topological polar surface area (TPSA) is 41.6 Å². The summed E-state index contributed by atoms with van der Waals surface area (Å²) in [5.41, 5.74) is 0. The lowest BCUT2D eigenvalue weighted by Gasteiger charge is -2.32. The third-order valence-electron chi connectivity index (χ3n) is 3.70. The molecule has 0 aromatic carbocycles. The van der Waals surface area contributed by atoms with E-state index >= 15 is 0 Å². The number of carbonyl (C=O) groups is 1. The largest absolute Gasteiger partial charge is 0.376 e. The molecule has 17 heavy (non-hydrogen) atoms. The van der Waals surface area contributed by atoms with Crippen molar-refractivity contribution >= 4 is 6.03 Å². The zero-order chi connectivity index (χ0) is 12.1. The average Bonchev–Trinajstić information content (AvgIpc) is 2.37. The summed E-state index contributed by atoms with van der Waals surface area (Å²) < 4.78 is 5.60. The van der Waals surface area contributed by atoms with Crippen molar-refractivity contribution < 1.29 is 9.53 Å². The molecule has 2 aliphatic rings. The van der Waals surface area contributed by atoms with E-state index in [1.165, 1.54) is 12.8 Å². The molecular weight excluding hydrogens is 216 g/mol. The maximum Gasteiger partial charge on any atom is 0.317 e.